The van der Waals surface area contributed by atoms with E-state index in [1.807, 2.05) is 52.8 Å². The van der Waals surface area contributed by atoms with Gasteiger partial charge in [-0.3, -0.25) is 0 Å². The molecule has 1 aromatic carbocycles. The maximum atomic E-state index is 6.03. The molecule has 0 aliphatic carbocycles. The number of ether oxygens (including phenoxy) is 1. The first-order valence-electron chi connectivity index (χ1n) is 8.14. The van der Waals surface area contributed by atoms with E-state index in [1.54, 1.807) is 6.33 Å². The minimum Gasteiger partial charge on any atom is -0.483 e. The largest absolute Gasteiger partial charge is 0.483 e. The van der Waals surface area contributed by atoms with Gasteiger partial charge in [0.2, 0.25) is 0 Å². The molecule has 6 heteroatoms. The third kappa shape index (κ3) is 3.18. The summed E-state index contributed by atoms with van der Waals surface area (Å²) in [4.78, 5) is 4.26. The molecule has 0 N–H and O–H groups in total. The van der Waals surface area contributed by atoms with Crippen LogP contribution in [0.25, 0.3) is 5.69 Å². The van der Waals surface area contributed by atoms with Crippen LogP contribution >= 0.6 is 0 Å². The number of aromatic nitrogens is 5. The average Bonchev–Trinajstić information content (AvgIpc) is 3.21. The molecular formula is C18H23N5O. The molecule has 0 spiro atoms. The number of aryl methyl sites for hydroxylation is 1. The van der Waals surface area contributed by atoms with Crippen molar-refractivity contribution in [2.24, 2.45) is 0 Å². The Morgan fingerprint density at radius 2 is 1.88 bits per heavy atom. The van der Waals surface area contributed by atoms with Gasteiger partial charge in [0.15, 0.2) is 5.82 Å². The Balaban J connectivity index is 1.91. The Kier molecular flexibility index (Phi) is 4.38. The van der Waals surface area contributed by atoms with Crippen molar-refractivity contribution < 1.29 is 4.74 Å². The molecule has 0 saturated heterocycles. The summed E-state index contributed by atoms with van der Waals surface area (Å²) in [7, 11) is 0. The van der Waals surface area contributed by atoms with Gasteiger partial charge in [0.05, 0.1) is 0 Å². The van der Waals surface area contributed by atoms with Crippen LogP contribution in [-0.4, -0.2) is 24.5 Å². The zero-order valence-electron chi connectivity index (χ0n) is 14.6. The van der Waals surface area contributed by atoms with Crippen molar-refractivity contribution in [1.82, 2.24) is 24.5 Å². The summed E-state index contributed by atoms with van der Waals surface area (Å²) in [6.45, 7) is 9.70. The second-order valence-corrected chi connectivity index (χ2v) is 6.63. The van der Waals surface area contributed by atoms with Crippen molar-refractivity contribution in [3.05, 3.63) is 54.4 Å². The molecule has 6 nitrogen and oxygen atoms in total. The maximum absolute atomic E-state index is 6.03. The highest BCUT2D eigenvalue weighted by Crippen LogP contribution is 2.29. The number of hydrogen-bond acceptors (Lipinski definition) is 4. The normalized spacial score (nSPS) is 11.7. The predicted molar refractivity (Wildman–Crippen MR) is 92.3 cm³/mol. The summed E-state index contributed by atoms with van der Waals surface area (Å²) < 4.78 is 9.81. The number of benzene rings is 1. The molecule has 0 saturated carbocycles. The SMILES string of the molecule is CCn1ncnc1COc1ccccc1-n1nccc1C(C)(C)C. The summed E-state index contributed by atoms with van der Waals surface area (Å²) >= 11 is 0. The minimum absolute atomic E-state index is 0.00794. The van der Waals surface area contributed by atoms with Crippen LogP contribution in [0.15, 0.2) is 42.9 Å². The Morgan fingerprint density at radius 1 is 1.08 bits per heavy atom. The van der Waals surface area contributed by atoms with E-state index in [9.17, 15) is 0 Å². The van der Waals surface area contributed by atoms with Crippen molar-refractivity contribution in [3.63, 3.8) is 0 Å². The fraction of sp³-hybridized carbons (Fsp3) is 0.389. The van der Waals surface area contributed by atoms with E-state index in [0.29, 0.717) is 6.61 Å². The molecule has 3 rings (SSSR count). The third-order valence-corrected chi connectivity index (χ3v) is 3.86. The maximum Gasteiger partial charge on any atom is 0.164 e. The van der Waals surface area contributed by atoms with Crippen molar-refractivity contribution in [2.75, 3.05) is 0 Å². The Hall–Kier alpha value is -2.63. The lowest BCUT2D eigenvalue weighted by atomic mass is 9.92. The standard InChI is InChI=1S/C18H23N5O/c1-5-22-17(19-13-21-22)12-24-15-9-7-6-8-14(15)23-16(10-11-20-23)18(2,3)4/h6-11,13H,5,12H2,1-4H3. The topological polar surface area (TPSA) is 57.8 Å². The van der Waals surface area contributed by atoms with E-state index in [1.165, 1.54) is 0 Å². The molecule has 126 valence electrons. The summed E-state index contributed by atoms with van der Waals surface area (Å²) in [5, 5.41) is 8.67. The van der Waals surface area contributed by atoms with Gasteiger partial charge in [-0.15, -0.1) is 0 Å². The fourth-order valence-corrected chi connectivity index (χ4v) is 2.62. The molecule has 0 bridgehead atoms. The van der Waals surface area contributed by atoms with Crippen LogP contribution in [0.5, 0.6) is 5.75 Å². The second kappa shape index (κ2) is 6.47. The molecule has 2 aromatic heterocycles. The number of para-hydroxylation sites is 2. The number of nitrogens with zero attached hydrogens (tertiary/aromatic N) is 5. The van der Waals surface area contributed by atoms with E-state index < -0.39 is 0 Å². The first-order chi connectivity index (χ1) is 11.5. The van der Waals surface area contributed by atoms with Gasteiger partial charge < -0.3 is 4.74 Å². The molecule has 0 aliphatic rings. The van der Waals surface area contributed by atoms with Gasteiger partial charge in [-0.2, -0.15) is 10.2 Å². The van der Waals surface area contributed by atoms with Crippen molar-refractivity contribution in [1.29, 1.82) is 0 Å². The van der Waals surface area contributed by atoms with Crippen LogP contribution in [0, 0.1) is 0 Å². The molecule has 0 aliphatic heterocycles. The van der Waals surface area contributed by atoms with Gasteiger partial charge in [-0.05, 0) is 25.1 Å². The van der Waals surface area contributed by atoms with Crippen LogP contribution in [0.4, 0.5) is 0 Å². The smallest absolute Gasteiger partial charge is 0.164 e. The van der Waals surface area contributed by atoms with Crippen LogP contribution in [0.3, 0.4) is 0 Å². The van der Waals surface area contributed by atoms with Gasteiger partial charge in [0.1, 0.15) is 24.4 Å². The van der Waals surface area contributed by atoms with Gasteiger partial charge in [-0.25, -0.2) is 14.3 Å². The zero-order chi connectivity index (χ0) is 17.2. The monoisotopic (exact) mass is 325 g/mol. The Morgan fingerprint density at radius 3 is 2.62 bits per heavy atom. The number of rotatable bonds is 5. The summed E-state index contributed by atoms with van der Waals surface area (Å²) in [5.74, 6) is 1.58. The summed E-state index contributed by atoms with van der Waals surface area (Å²) in [6.07, 6.45) is 3.38. The molecule has 0 radical (unpaired) electrons. The minimum atomic E-state index is -0.00794. The molecular weight excluding hydrogens is 302 g/mol. The predicted octanol–water partition coefficient (Wildman–Crippen LogP) is 3.36. The first-order valence-corrected chi connectivity index (χ1v) is 8.14. The third-order valence-electron chi connectivity index (χ3n) is 3.86. The molecule has 0 amide bonds. The van der Waals surface area contributed by atoms with Crippen molar-refractivity contribution >= 4 is 0 Å². The van der Waals surface area contributed by atoms with E-state index in [2.05, 4.69) is 36.0 Å². The van der Waals surface area contributed by atoms with E-state index >= 15 is 0 Å². The molecule has 24 heavy (non-hydrogen) atoms. The van der Waals surface area contributed by atoms with Gasteiger partial charge in [0.25, 0.3) is 0 Å². The molecule has 3 aromatic rings. The summed E-state index contributed by atoms with van der Waals surface area (Å²) in [6, 6.07) is 9.97. The second-order valence-electron chi connectivity index (χ2n) is 6.63. The zero-order valence-corrected chi connectivity index (χ0v) is 14.6. The Labute approximate surface area is 142 Å². The van der Waals surface area contributed by atoms with Gasteiger partial charge >= 0.3 is 0 Å². The number of hydrogen-bond donors (Lipinski definition) is 0. The molecule has 0 atom stereocenters. The lowest BCUT2D eigenvalue weighted by Gasteiger charge is -2.21. The fourth-order valence-electron chi connectivity index (χ4n) is 2.62. The quantitative estimate of drug-likeness (QED) is 0.722. The van der Waals surface area contributed by atoms with Gasteiger partial charge in [-0.1, -0.05) is 32.9 Å². The Bertz CT molecular complexity index is 813. The van der Waals surface area contributed by atoms with E-state index in [4.69, 9.17) is 4.74 Å². The first kappa shape index (κ1) is 16.2. The molecule has 2 heterocycles. The van der Waals surface area contributed by atoms with Crippen LogP contribution in [0.2, 0.25) is 0 Å². The van der Waals surface area contributed by atoms with Crippen LogP contribution in [-0.2, 0) is 18.6 Å². The highest BCUT2D eigenvalue weighted by molar-refractivity contribution is 5.47. The van der Waals surface area contributed by atoms with E-state index in [0.717, 1.165) is 29.5 Å². The average molecular weight is 325 g/mol. The van der Waals surface area contributed by atoms with Crippen molar-refractivity contribution in [2.45, 2.75) is 46.3 Å². The molecule has 0 fully saturated rings. The lowest BCUT2D eigenvalue weighted by molar-refractivity contribution is 0.285. The highest BCUT2D eigenvalue weighted by atomic mass is 16.5. The highest BCUT2D eigenvalue weighted by Gasteiger charge is 2.21. The van der Waals surface area contributed by atoms with Crippen LogP contribution in [0.1, 0.15) is 39.2 Å². The van der Waals surface area contributed by atoms with E-state index in [-0.39, 0.29) is 5.41 Å². The lowest BCUT2D eigenvalue weighted by Crippen LogP contribution is -2.18. The van der Waals surface area contributed by atoms with Crippen molar-refractivity contribution in [3.8, 4) is 11.4 Å². The molecule has 0 unspecified atom stereocenters. The van der Waals surface area contributed by atoms with Crippen LogP contribution < -0.4 is 4.74 Å². The summed E-state index contributed by atoms with van der Waals surface area (Å²) in [5.41, 5.74) is 2.05. The van der Waals surface area contributed by atoms with Gasteiger partial charge in [0, 0.05) is 23.9 Å².